The lowest BCUT2D eigenvalue weighted by atomic mass is 10.4. The topological polar surface area (TPSA) is 60.1 Å². The van der Waals surface area contributed by atoms with E-state index in [2.05, 4.69) is 11.9 Å². The summed E-state index contributed by atoms with van der Waals surface area (Å²) >= 11 is 5.51. The summed E-state index contributed by atoms with van der Waals surface area (Å²) in [5.41, 5.74) is 6.59. The first-order chi connectivity index (χ1) is 6.50. The maximum absolute atomic E-state index is 11.5. The summed E-state index contributed by atoms with van der Waals surface area (Å²) < 4.78 is 1.65. The van der Waals surface area contributed by atoms with Gasteiger partial charge in [0.25, 0.3) is 5.91 Å². The summed E-state index contributed by atoms with van der Waals surface area (Å²) in [6, 6.07) is 1.60. The van der Waals surface area contributed by atoms with Gasteiger partial charge in [0.2, 0.25) is 0 Å². The van der Waals surface area contributed by atoms with Crippen molar-refractivity contribution in [1.29, 1.82) is 0 Å². The smallest absolute Gasteiger partial charge is 0.268 e. The van der Waals surface area contributed by atoms with Crippen molar-refractivity contribution in [2.75, 3.05) is 12.3 Å². The fraction of sp³-hybridized carbons (Fsp3) is 0.222. The molecule has 0 fully saturated rings. The van der Waals surface area contributed by atoms with E-state index >= 15 is 0 Å². The van der Waals surface area contributed by atoms with Crippen LogP contribution < -0.4 is 11.1 Å². The normalized spacial score (nSPS) is 9.86. The van der Waals surface area contributed by atoms with Crippen LogP contribution in [0.25, 0.3) is 0 Å². The second-order valence-electron chi connectivity index (χ2n) is 2.97. The Hall–Kier alpha value is -1.42. The predicted molar refractivity (Wildman–Crippen MR) is 57.2 cm³/mol. The molecule has 1 aromatic heterocycles. The third kappa shape index (κ3) is 2.53. The highest BCUT2D eigenvalue weighted by Crippen LogP contribution is 2.08. The molecule has 3 N–H and O–H groups in total. The zero-order chi connectivity index (χ0) is 10.7. The number of aromatic nitrogens is 1. The Morgan fingerprint density at radius 1 is 1.79 bits per heavy atom. The molecule has 1 amide bonds. The number of nitrogens with one attached hydrogen (secondary N) is 1. The molecule has 0 aliphatic rings. The Morgan fingerprint density at radius 2 is 2.43 bits per heavy atom. The van der Waals surface area contributed by atoms with Gasteiger partial charge >= 0.3 is 0 Å². The molecule has 1 rings (SSSR count). The first kappa shape index (κ1) is 10.7. The highest BCUT2D eigenvalue weighted by Gasteiger charge is 2.09. The Bertz CT molecular complexity index is 370. The zero-order valence-electron chi connectivity index (χ0n) is 7.88. The summed E-state index contributed by atoms with van der Waals surface area (Å²) in [6.45, 7) is 3.72. The fourth-order valence-electron chi connectivity index (χ4n) is 1.08. The van der Waals surface area contributed by atoms with Crippen molar-refractivity contribution in [1.82, 2.24) is 9.88 Å². The average Bonchev–Trinajstić information content (AvgIpc) is 2.41. The van der Waals surface area contributed by atoms with Crippen LogP contribution in [-0.2, 0) is 7.05 Å². The highest BCUT2D eigenvalue weighted by molar-refractivity contribution is 6.29. The molecule has 14 heavy (non-hydrogen) atoms. The molecule has 0 saturated carbocycles. The second-order valence-corrected chi connectivity index (χ2v) is 3.50. The first-order valence-corrected chi connectivity index (χ1v) is 4.42. The van der Waals surface area contributed by atoms with E-state index in [0.717, 1.165) is 0 Å². The molecule has 0 unspecified atom stereocenters. The van der Waals surface area contributed by atoms with E-state index in [9.17, 15) is 4.79 Å². The molecule has 0 spiro atoms. The number of nitrogens with two attached hydrogens (primary N) is 1. The third-order valence-electron chi connectivity index (χ3n) is 1.70. The quantitative estimate of drug-likeness (QED) is 0.790. The summed E-state index contributed by atoms with van der Waals surface area (Å²) in [4.78, 5) is 11.5. The molecule has 76 valence electrons. The van der Waals surface area contributed by atoms with Crippen LogP contribution in [0.4, 0.5) is 5.69 Å². The van der Waals surface area contributed by atoms with E-state index in [1.54, 1.807) is 23.9 Å². The molecule has 0 aromatic carbocycles. The monoisotopic (exact) mass is 213 g/mol. The van der Waals surface area contributed by atoms with E-state index in [-0.39, 0.29) is 12.5 Å². The zero-order valence-corrected chi connectivity index (χ0v) is 8.64. The number of amides is 1. The molecular weight excluding hydrogens is 202 g/mol. The Kier molecular flexibility index (Phi) is 3.19. The van der Waals surface area contributed by atoms with Crippen molar-refractivity contribution in [3.63, 3.8) is 0 Å². The van der Waals surface area contributed by atoms with Crippen LogP contribution in [0.1, 0.15) is 10.5 Å². The van der Waals surface area contributed by atoms with Crippen molar-refractivity contribution in [2.24, 2.45) is 7.05 Å². The maximum atomic E-state index is 11.5. The van der Waals surface area contributed by atoms with E-state index in [1.165, 1.54) is 0 Å². The SMILES string of the molecule is C=C(Cl)CNC(=O)c1cc(N)cn1C. The van der Waals surface area contributed by atoms with E-state index in [4.69, 9.17) is 17.3 Å². The maximum Gasteiger partial charge on any atom is 0.268 e. The van der Waals surface area contributed by atoms with Gasteiger partial charge in [0.1, 0.15) is 5.69 Å². The van der Waals surface area contributed by atoms with Crippen LogP contribution in [0, 0.1) is 0 Å². The number of nitrogens with zero attached hydrogens (tertiary/aromatic N) is 1. The number of carbonyl (C=O) groups is 1. The third-order valence-corrected chi connectivity index (χ3v) is 1.83. The molecule has 4 nitrogen and oxygen atoms in total. The molecule has 0 atom stereocenters. The Morgan fingerprint density at radius 3 is 2.86 bits per heavy atom. The lowest BCUT2D eigenvalue weighted by molar-refractivity contribution is 0.0949. The molecule has 0 aliphatic carbocycles. The lowest BCUT2D eigenvalue weighted by Crippen LogP contribution is -2.26. The molecular formula is C9H12ClN3O. The van der Waals surface area contributed by atoms with Gasteiger partial charge in [-0.25, -0.2) is 0 Å². The molecule has 1 aromatic rings. The predicted octanol–water partition coefficient (Wildman–Crippen LogP) is 1.09. The van der Waals surface area contributed by atoms with Crippen LogP contribution in [0.3, 0.4) is 0 Å². The molecule has 0 bridgehead atoms. The van der Waals surface area contributed by atoms with Crippen molar-refractivity contribution in [3.05, 3.63) is 29.6 Å². The van der Waals surface area contributed by atoms with E-state index in [0.29, 0.717) is 16.4 Å². The molecule has 1 heterocycles. The van der Waals surface area contributed by atoms with Crippen molar-refractivity contribution in [3.8, 4) is 0 Å². The number of nitrogen functional groups attached to an aromatic ring is 1. The fourth-order valence-corrected chi connectivity index (χ4v) is 1.15. The van der Waals surface area contributed by atoms with Gasteiger partial charge in [0.15, 0.2) is 0 Å². The van der Waals surface area contributed by atoms with E-state index in [1.807, 2.05) is 0 Å². The number of aryl methyl sites for hydroxylation is 1. The van der Waals surface area contributed by atoms with Crippen molar-refractivity contribution >= 4 is 23.2 Å². The highest BCUT2D eigenvalue weighted by atomic mass is 35.5. The van der Waals surface area contributed by atoms with Crippen molar-refractivity contribution in [2.45, 2.75) is 0 Å². The summed E-state index contributed by atoms with van der Waals surface area (Å²) in [7, 11) is 1.75. The van der Waals surface area contributed by atoms with Gasteiger partial charge in [-0.2, -0.15) is 0 Å². The second kappa shape index (κ2) is 4.19. The van der Waals surface area contributed by atoms with Crippen LogP contribution in [0.2, 0.25) is 0 Å². The number of carbonyl (C=O) groups excluding carboxylic acids is 1. The first-order valence-electron chi connectivity index (χ1n) is 4.04. The van der Waals surface area contributed by atoms with Gasteiger partial charge in [0, 0.05) is 18.3 Å². The minimum Gasteiger partial charge on any atom is -0.397 e. The van der Waals surface area contributed by atoms with Crippen LogP contribution in [0.15, 0.2) is 23.9 Å². The van der Waals surface area contributed by atoms with Gasteiger partial charge in [-0.1, -0.05) is 18.2 Å². The van der Waals surface area contributed by atoms with Crippen LogP contribution in [-0.4, -0.2) is 17.0 Å². The number of hydrogen-bond acceptors (Lipinski definition) is 2. The standard InChI is InChI=1S/C9H12ClN3O/c1-6(10)4-12-9(14)8-3-7(11)5-13(8)2/h3,5H,1,4,11H2,2H3,(H,12,14). The number of rotatable bonds is 3. The van der Waals surface area contributed by atoms with Gasteiger partial charge < -0.3 is 15.6 Å². The average molecular weight is 214 g/mol. The van der Waals surface area contributed by atoms with Crippen molar-refractivity contribution < 1.29 is 4.79 Å². The number of anilines is 1. The van der Waals surface area contributed by atoms with Gasteiger partial charge in [-0.05, 0) is 6.07 Å². The van der Waals surface area contributed by atoms with Crippen LogP contribution >= 0.6 is 11.6 Å². The molecule has 0 radical (unpaired) electrons. The summed E-state index contributed by atoms with van der Waals surface area (Å²) in [5, 5.41) is 3.00. The van der Waals surface area contributed by atoms with E-state index < -0.39 is 0 Å². The Labute approximate surface area is 87.3 Å². The largest absolute Gasteiger partial charge is 0.397 e. The van der Waals surface area contributed by atoms with Crippen LogP contribution in [0.5, 0.6) is 0 Å². The van der Waals surface area contributed by atoms with Gasteiger partial charge in [-0.3, -0.25) is 4.79 Å². The summed E-state index contributed by atoms with van der Waals surface area (Å²) in [6.07, 6.45) is 1.67. The Balaban J connectivity index is 2.69. The number of hydrogen-bond donors (Lipinski definition) is 2. The molecule has 5 heteroatoms. The lowest BCUT2D eigenvalue weighted by Gasteiger charge is -2.03. The minimum absolute atomic E-state index is 0.217. The molecule has 0 aliphatic heterocycles. The van der Waals surface area contributed by atoms with Gasteiger partial charge in [-0.15, -0.1) is 0 Å². The van der Waals surface area contributed by atoms with Gasteiger partial charge in [0.05, 0.1) is 12.2 Å². The number of halogens is 1. The summed E-state index contributed by atoms with van der Waals surface area (Å²) in [5.74, 6) is -0.217. The minimum atomic E-state index is -0.217. The molecule has 0 saturated heterocycles.